The van der Waals surface area contributed by atoms with Gasteiger partial charge in [-0.2, -0.15) is 0 Å². The molecular formula is C28H40N4O2. The first-order valence-electron chi connectivity index (χ1n) is 12.6. The number of nitrogens with zero attached hydrogens (tertiary/aromatic N) is 4. The quantitative estimate of drug-likeness (QED) is 0.607. The molecule has 2 aliphatic rings. The third-order valence-corrected chi connectivity index (χ3v) is 7.36. The van der Waals surface area contributed by atoms with Gasteiger partial charge >= 0.3 is 0 Å². The Morgan fingerprint density at radius 2 is 1.41 bits per heavy atom. The van der Waals surface area contributed by atoms with Crippen molar-refractivity contribution >= 4 is 5.78 Å². The Hall–Kier alpha value is -2.09. The highest BCUT2D eigenvalue weighted by Crippen LogP contribution is 2.22. The number of piperazine rings is 2. The highest BCUT2D eigenvalue weighted by molar-refractivity contribution is 5.96. The van der Waals surface area contributed by atoms with Crippen LogP contribution in [0.25, 0.3) is 0 Å². The number of hydrogen-bond acceptors (Lipinski definition) is 6. The number of carbonyl (C=O) groups is 1. The normalized spacial score (nSPS) is 23.3. The number of likely N-dealkylation sites (N-methyl/N-ethyl adjacent to an activating group) is 1. The van der Waals surface area contributed by atoms with Gasteiger partial charge in [0, 0.05) is 76.5 Å². The minimum Gasteiger partial charge on any atom is -0.388 e. The van der Waals surface area contributed by atoms with Crippen molar-refractivity contribution in [2.24, 2.45) is 0 Å². The van der Waals surface area contributed by atoms with E-state index in [0.717, 1.165) is 58.9 Å². The smallest absolute Gasteiger partial charge is 0.188 e. The van der Waals surface area contributed by atoms with Crippen LogP contribution in [0.5, 0.6) is 0 Å². The molecule has 184 valence electrons. The monoisotopic (exact) mass is 464 g/mol. The van der Waals surface area contributed by atoms with Crippen molar-refractivity contribution in [3.05, 3.63) is 70.8 Å². The lowest BCUT2D eigenvalue weighted by molar-refractivity contribution is 0.0290. The Labute approximate surface area is 204 Å². The zero-order valence-corrected chi connectivity index (χ0v) is 21.0. The second kappa shape index (κ2) is 11.6. The van der Waals surface area contributed by atoms with E-state index >= 15 is 0 Å². The van der Waals surface area contributed by atoms with Crippen LogP contribution in [0.2, 0.25) is 0 Å². The fraction of sp³-hybridized carbons (Fsp3) is 0.536. The summed E-state index contributed by atoms with van der Waals surface area (Å²) in [7, 11) is 2.21. The zero-order chi connectivity index (χ0) is 24.1. The van der Waals surface area contributed by atoms with Gasteiger partial charge < -0.3 is 10.0 Å². The van der Waals surface area contributed by atoms with E-state index in [0.29, 0.717) is 17.6 Å². The Morgan fingerprint density at radius 1 is 0.824 bits per heavy atom. The van der Waals surface area contributed by atoms with Crippen LogP contribution in [-0.2, 0) is 19.6 Å². The number of aliphatic hydroxyl groups excluding tert-OH is 1. The van der Waals surface area contributed by atoms with Crippen LogP contribution in [0, 0.1) is 0 Å². The molecule has 6 nitrogen and oxygen atoms in total. The molecule has 0 unspecified atom stereocenters. The van der Waals surface area contributed by atoms with Crippen LogP contribution in [0.3, 0.4) is 0 Å². The van der Waals surface area contributed by atoms with Gasteiger partial charge in [0.15, 0.2) is 5.78 Å². The number of ketones is 1. The topological polar surface area (TPSA) is 50.3 Å². The van der Waals surface area contributed by atoms with Crippen LogP contribution in [0.1, 0.15) is 40.9 Å². The number of benzene rings is 2. The van der Waals surface area contributed by atoms with E-state index in [4.69, 9.17) is 5.11 Å². The van der Waals surface area contributed by atoms with Gasteiger partial charge in [0.2, 0.25) is 0 Å². The molecular weight excluding hydrogens is 424 g/mol. The summed E-state index contributed by atoms with van der Waals surface area (Å²) in [5, 5.41) is 9.04. The molecule has 0 bridgehead atoms. The number of hydrogen-bond donors (Lipinski definition) is 1. The lowest BCUT2D eigenvalue weighted by atomic mass is 10.0. The van der Waals surface area contributed by atoms with Crippen LogP contribution >= 0.6 is 0 Å². The summed E-state index contributed by atoms with van der Waals surface area (Å²) < 4.78 is 0. The molecule has 2 aromatic rings. The van der Waals surface area contributed by atoms with Gasteiger partial charge in [0.05, 0.1) is 0 Å². The van der Waals surface area contributed by atoms with Gasteiger partial charge in [0.1, 0.15) is 6.61 Å². The SMILES string of the molecule is C[C@@H]1CN(Cc2ccc(C(=O)CO)cc2)C[C@H](C)N1Cc1cccc(CN2CCN(C)CC2)c1. The molecule has 2 atom stereocenters. The van der Waals surface area contributed by atoms with Crippen molar-refractivity contribution in [2.75, 3.05) is 52.9 Å². The van der Waals surface area contributed by atoms with Crippen LogP contribution < -0.4 is 0 Å². The molecule has 0 amide bonds. The van der Waals surface area contributed by atoms with Crippen molar-refractivity contribution in [1.82, 2.24) is 19.6 Å². The first kappa shape index (κ1) is 25.0. The average molecular weight is 465 g/mol. The maximum absolute atomic E-state index is 11.6. The molecule has 0 radical (unpaired) electrons. The predicted molar refractivity (Wildman–Crippen MR) is 137 cm³/mol. The van der Waals surface area contributed by atoms with Crippen LogP contribution in [-0.4, -0.2) is 95.5 Å². The van der Waals surface area contributed by atoms with Crippen molar-refractivity contribution in [2.45, 2.75) is 45.6 Å². The van der Waals surface area contributed by atoms with Crippen molar-refractivity contribution in [3.8, 4) is 0 Å². The minimum absolute atomic E-state index is 0.227. The lowest BCUT2D eigenvalue weighted by Crippen LogP contribution is -2.55. The van der Waals surface area contributed by atoms with E-state index in [-0.39, 0.29) is 5.78 Å². The molecule has 2 saturated heterocycles. The van der Waals surface area contributed by atoms with Crippen LogP contribution in [0.15, 0.2) is 48.5 Å². The number of carbonyl (C=O) groups excluding carboxylic acids is 1. The molecule has 2 fully saturated rings. The summed E-state index contributed by atoms with van der Waals surface area (Å²) in [4.78, 5) is 21.8. The Bertz CT molecular complexity index is 928. The Balaban J connectivity index is 1.32. The minimum atomic E-state index is -0.435. The summed E-state index contributed by atoms with van der Waals surface area (Å²) in [5.41, 5.74) is 4.61. The van der Waals surface area contributed by atoms with E-state index in [1.165, 1.54) is 16.7 Å². The zero-order valence-electron chi connectivity index (χ0n) is 21.0. The molecule has 0 saturated carbocycles. The molecule has 6 heteroatoms. The summed E-state index contributed by atoms with van der Waals surface area (Å²) in [6.07, 6.45) is 0. The van der Waals surface area contributed by atoms with E-state index in [1.807, 2.05) is 24.3 Å². The van der Waals surface area contributed by atoms with E-state index in [1.54, 1.807) is 0 Å². The van der Waals surface area contributed by atoms with Crippen molar-refractivity contribution < 1.29 is 9.90 Å². The number of rotatable bonds is 8. The molecule has 0 aliphatic carbocycles. The van der Waals surface area contributed by atoms with E-state index in [2.05, 4.69) is 64.8 Å². The molecule has 34 heavy (non-hydrogen) atoms. The molecule has 2 heterocycles. The molecule has 2 aromatic carbocycles. The second-order valence-corrected chi connectivity index (χ2v) is 10.2. The first-order valence-corrected chi connectivity index (χ1v) is 12.6. The second-order valence-electron chi connectivity index (χ2n) is 10.2. The van der Waals surface area contributed by atoms with Gasteiger partial charge in [-0.25, -0.2) is 0 Å². The highest BCUT2D eigenvalue weighted by atomic mass is 16.3. The molecule has 4 rings (SSSR count). The van der Waals surface area contributed by atoms with E-state index in [9.17, 15) is 4.79 Å². The van der Waals surface area contributed by atoms with Crippen LogP contribution in [0.4, 0.5) is 0 Å². The number of Topliss-reactive ketones (excluding diaryl/α,β-unsaturated/α-hetero) is 1. The maximum atomic E-state index is 11.6. The number of aliphatic hydroxyl groups is 1. The third kappa shape index (κ3) is 6.52. The fourth-order valence-electron chi connectivity index (χ4n) is 5.35. The van der Waals surface area contributed by atoms with Gasteiger partial charge in [0.25, 0.3) is 0 Å². The largest absolute Gasteiger partial charge is 0.388 e. The standard InChI is InChI=1S/C28H40N4O2/c1-22-16-31(18-24-7-9-27(10-8-24)28(34)21-33)17-23(2)32(22)20-26-6-4-5-25(15-26)19-30-13-11-29(3)12-14-30/h4-10,15,22-23,33H,11-14,16-21H2,1-3H3/t22-,23+. The Kier molecular flexibility index (Phi) is 8.51. The molecule has 2 aliphatic heterocycles. The summed E-state index contributed by atoms with van der Waals surface area (Å²) in [6.45, 7) is 13.8. The Morgan fingerprint density at radius 3 is 2.03 bits per heavy atom. The predicted octanol–water partition coefficient (Wildman–Crippen LogP) is 2.70. The molecule has 0 spiro atoms. The first-order chi connectivity index (χ1) is 16.4. The third-order valence-electron chi connectivity index (χ3n) is 7.36. The summed E-state index contributed by atoms with van der Waals surface area (Å²) in [5.74, 6) is -0.227. The molecule has 0 aromatic heterocycles. The van der Waals surface area contributed by atoms with Gasteiger partial charge in [-0.1, -0.05) is 48.5 Å². The van der Waals surface area contributed by atoms with Gasteiger partial charge in [-0.15, -0.1) is 0 Å². The summed E-state index contributed by atoms with van der Waals surface area (Å²) in [6, 6.07) is 17.8. The van der Waals surface area contributed by atoms with Gasteiger partial charge in [-0.3, -0.25) is 19.5 Å². The van der Waals surface area contributed by atoms with Gasteiger partial charge in [-0.05, 0) is 37.6 Å². The van der Waals surface area contributed by atoms with E-state index < -0.39 is 6.61 Å². The highest BCUT2D eigenvalue weighted by Gasteiger charge is 2.29. The van der Waals surface area contributed by atoms with Crippen molar-refractivity contribution in [3.63, 3.8) is 0 Å². The molecule has 1 N–H and O–H groups in total. The average Bonchev–Trinajstić information content (AvgIpc) is 2.83. The summed E-state index contributed by atoms with van der Waals surface area (Å²) >= 11 is 0. The maximum Gasteiger partial charge on any atom is 0.188 e. The van der Waals surface area contributed by atoms with Crippen molar-refractivity contribution in [1.29, 1.82) is 0 Å². The lowest BCUT2D eigenvalue weighted by Gasteiger charge is -2.44. The fourth-order valence-corrected chi connectivity index (χ4v) is 5.35.